The van der Waals surface area contributed by atoms with E-state index in [1.807, 2.05) is 0 Å². The summed E-state index contributed by atoms with van der Waals surface area (Å²) in [5.74, 6) is -5.23. The summed E-state index contributed by atoms with van der Waals surface area (Å²) in [6.07, 6.45) is -5.26. The number of alkyl halides is 3. The number of carboxylic acids is 1. The van der Waals surface area contributed by atoms with Gasteiger partial charge in [0.15, 0.2) is 0 Å². The van der Waals surface area contributed by atoms with Crippen LogP contribution in [0.1, 0.15) is 0 Å². The van der Waals surface area contributed by atoms with E-state index in [-0.39, 0.29) is 5.48 Å². The number of carbonyl (C=O) groups excluding carboxylic acids is 1. The highest BCUT2D eigenvalue weighted by Gasteiger charge is 2.43. The van der Waals surface area contributed by atoms with Crippen molar-refractivity contribution in [1.82, 2.24) is 0 Å². The molecular formula is C3H3F3O4. The smallest absolute Gasteiger partial charge is 0.461 e. The first-order valence-electron chi connectivity index (χ1n) is 1.70. The number of aliphatic carboxylic acids is 1. The van der Waals surface area contributed by atoms with E-state index in [2.05, 4.69) is 0 Å². The number of hydrogen-bond donors (Lipinski definition) is 1. The van der Waals surface area contributed by atoms with Gasteiger partial charge in [-0.15, -0.1) is 0 Å². The average molecular weight is 160 g/mol. The minimum absolute atomic E-state index is 0. The van der Waals surface area contributed by atoms with E-state index in [4.69, 9.17) is 5.11 Å². The zero-order valence-corrected chi connectivity index (χ0v) is 4.40. The third-order valence-electron chi connectivity index (χ3n) is 0.452. The highest BCUT2D eigenvalue weighted by molar-refractivity contribution is 6.34. The van der Waals surface area contributed by atoms with Crippen LogP contribution in [0.2, 0.25) is 0 Å². The third kappa shape index (κ3) is 3.02. The number of Topliss-reactive ketones (excluding diaryl/α,β-unsaturated/α-hetero) is 1. The van der Waals surface area contributed by atoms with Gasteiger partial charge in [0.05, 0.1) is 0 Å². The molecule has 60 valence electrons. The molecule has 0 aliphatic rings. The summed E-state index contributed by atoms with van der Waals surface area (Å²) in [7, 11) is 0. The van der Waals surface area contributed by atoms with Crippen LogP contribution in [0.3, 0.4) is 0 Å². The molecule has 0 aromatic carbocycles. The molecule has 0 spiro atoms. The minimum atomic E-state index is -5.26. The van der Waals surface area contributed by atoms with Crippen molar-refractivity contribution < 1.29 is 33.3 Å². The van der Waals surface area contributed by atoms with Crippen LogP contribution in [-0.2, 0) is 9.59 Å². The van der Waals surface area contributed by atoms with Gasteiger partial charge >= 0.3 is 17.9 Å². The first kappa shape index (κ1) is 11.7. The topological polar surface area (TPSA) is 85.9 Å². The van der Waals surface area contributed by atoms with Crippen molar-refractivity contribution in [3.8, 4) is 0 Å². The Morgan fingerprint density at radius 3 is 1.50 bits per heavy atom. The Morgan fingerprint density at radius 1 is 1.20 bits per heavy atom. The monoisotopic (exact) mass is 160 g/mol. The molecule has 0 aliphatic carbocycles. The first-order chi connectivity index (χ1) is 3.85. The van der Waals surface area contributed by atoms with Gasteiger partial charge in [0, 0.05) is 0 Å². The zero-order chi connectivity index (χ0) is 7.65. The predicted octanol–water partition coefficient (Wildman–Crippen LogP) is -0.622. The maximum atomic E-state index is 11.0. The number of ketones is 1. The summed E-state index contributed by atoms with van der Waals surface area (Å²) in [6.45, 7) is 0. The van der Waals surface area contributed by atoms with Crippen molar-refractivity contribution in [2.24, 2.45) is 0 Å². The van der Waals surface area contributed by atoms with Gasteiger partial charge in [-0.1, -0.05) is 0 Å². The van der Waals surface area contributed by atoms with Gasteiger partial charge in [-0.3, -0.25) is 4.79 Å². The van der Waals surface area contributed by atoms with E-state index in [0.29, 0.717) is 0 Å². The van der Waals surface area contributed by atoms with Crippen LogP contribution >= 0.6 is 0 Å². The summed E-state index contributed by atoms with van der Waals surface area (Å²) >= 11 is 0. The van der Waals surface area contributed by atoms with Crippen molar-refractivity contribution in [2.75, 3.05) is 0 Å². The Labute approximate surface area is 52.6 Å². The normalized spacial score (nSPS) is 9.90. The van der Waals surface area contributed by atoms with Crippen molar-refractivity contribution in [3.05, 3.63) is 0 Å². The van der Waals surface area contributed by atoms with E-state index < -0.39 is 17.9 Å². The van der Waals surface area contributed by atoms with Crippen molar-refractivity contribution >= 4 is 11.8 Å². The molecule has 0 atom stereocenters. The molecule has 0 amide bonds. The lowest BCUT2D eigenvalue weighted by Gasteiger charge is -1.97. The highest BCUT2D eigenvalue weighted by atomic mass is 19.4. The molecule has 0 unspecified atom stereocenters. The lowest BCUT2D eigenvalue weighted by molar-refractivity contribution is -0.180. The first-order valence-corrected chi connectivity index (χ1v) is 1.70. The molecule has 7 heteroatoms. The van der Waals surface area contributed by atoms with Gasteiger partial charge in [-0.25, -0.2) is 4.79 Å². The Bertz CT molecular complexity index is 148. The largest absolute Gasteiger partial charge is 0.475 e. The molecule has 0 rings (SSSR count). The van der Waals surface area contributed by atoms with Crippen molar-refractivity contribution in [1.29, 1.82) is 0 Å². The molecular weight excluding hydrogens is 157 g/mol. The maximum Gasteiger partial charge on any atom is 0.461 e. The van der Waals surface area contributed by atoms with Gasteiger partial charge in [0.1, 0.15) is 0 Å². The number of carboxylic acid groups (broad SMARTS) is 1. The van der Waals surface area contributed by atoms with E-state index >= 15 is 0 Å². The predicted molar refractivity (Wildman–Crippen MR) is 22.3 cm³/mol. The summed E-state index contributed by atoms with van der Waals surface area (Å²) in [5.41, 5.74) is 0. The molecule has 0 radical (unpaired) electrons. The SMILES string of the molecule is O.O=C(O)C(=O)C(F)(F)F. The fourth-order valence-electron chi connectivity index (χ4n) is 0.121. The van der Waals surface area contributed by atoms with Gasteiger partial charge in [-0.2, -0.15) is 13.2 Å². The standard InChI is InChI=1S/C3HF3O3.H2O/c4-3(5,6)1(7)2(8)9;/h(H,8,9);1H2. The second-order valence-electron chi connectivity index (χ2n) is 1.13. The maximum absolute atomic E-state index is 11.0. The Morgan fingerprint density at radius 2 is 1.50 bits per heavy atom. The van der Waals surface area contributed by atoms with Crippen molar-refractivity contribution in [3.63, 3.8) is 0 Å². The Kier molecular flexibility index (Phi) is 3.68. The molecule has 3 N–H and O–H groups in total. The zero-order valence-electron chi connectivity index (χ0n) is 4.40. The van der Waals surface area contributed by atoms with E-state index in [9.17, 15) is 22.8 Å². The van der Waals surface area contributed by atoms with Gasteiger partial charge < -0.3 is 10.6 Å². The quantitative estimate of drug-likeness (QED) is 0.518. The Balaban J connectivity index is 0. The van der Waals surface area contributed by atoms with E-state index in [1.54, 1.807) is 0 Å². The van der Waals surface area contributed by atoms with Crippen LogP contribution in [0.25, 0.3) is 0 Å². The molecule has 0 bridgehead atoms. The number of hydrogen-bond acceptors (Lipinski definition) is 2. The molecule has 0 aliphatic heterocycles. The van der Waals surface area contributed by atoms with Gasteiger partial charge in [0.25, 0.3) is 0 Å². The highest BCUT2D eigenvalue weighted by Crippen LogP contribution is 2.15. The number of rotatable bonds is 1. The second kappa shape index (κ2) is 3.16. The van der Waals surface area contributed by atoms with Crippen molar-refractivity contribution in [2.45, 2.75) is 6.18 Å². The lowest BCUT2D eigenvalue weighted by Crippen LogP contribution is -2.30. The van der Waals surface area contributed by atoms with Gasteiger partial charge in [0.2, 0.25) is 0 Å². The second-order valence-corrected chi connectivity index (χ2v) is 1.13. The van der Waals surface area contributed by atoms with Crippen LogP contribution in [-0.4, -0.2) is 28.5 Å². The summed E-state index contributed by atoms with van der Waals surface area (Å²) < 4.78 is 32.9. The average Bonchev–Trinajstić information content (AvgIpc) is 1.62. The van der Waals surface area contributed by atoms with Crippen LogP contribution in [0.5, 0.6) is 0 Å². The molecule has 0 aromatic heterocycles. The number of carbonyl (C=O) groups is 2. The minimum Gasteiger partial charge on any atom is -0.475 e. The fraction of sp³-hybridized carbons (Fsp3) is 0.333. The lowest BCUT2D eigenvalue weighted by atomic mass is 10.4. The molecule has 4 nitrogen and oxygen atoms in total. The molecule has 0 aromatic rings. The van der Waals surface area contributed by atoms with Crippen LogP contribution in [0, 0.1) is 0 Å². The molecule has 0 saturated heterocycles. The third-order valence-corrected chi connectivity index (χ3v) is 0.452. The fourth-order valence-corrected chi connectivity index (χ4v) is 0.121. The summed E-state index contributed by atoms with van der Waals surface area (Å²) in [6, 6.07) is 0. The molecule has 0 saturated carbocycles. The molecule has 10 heavy (non-hydrogen) atoms. The summed E-state index contributed by atoms with van der Waals surface area (Å²) in [5, 5.41) is 7.45. The number of halogens is 3. The molecule has 0 fully saturated rings. The summed E-state index contributed by atoms with van der Waals surface area (Å²) in [4.78, 5) is 18.7. The van der Waals surface area contributed by atoms with Gasteiger partial charge in [-0.05, 0) is 0 Å². The van der Waals surface area contributed by atoms with Crippen LogP contribution in [0.4, 0.5) is 13.2 Å². The van der Waals surface area contributed by atoms with Crippen LogP contribution < -0.4 is 0 Å². The van der Waals surface area contributed by atoms with E-state index in [1.165, 1.54) is 0 Å². The van der Waals surface area contributed by atoms with E-state index in [0.717, 1.165) is 0 Å². The Hall–Kier alpha value is -1.11. The van der Waals surface area contributed by atoms with Crippen LogP contribution in [0.15, 0.2) is 0 Å². The molecule has 0 heterocycles.